The number of halogens is 3. The van der Waals surface area contributed by atoms with E-state index in [4.69, 9.17) is 4.74 Å². The molecule has 1 N–H and O–H groups in total. The van der Waals surface area contributed by atoms with Gasteiger partial charge in [0.2, 0.25) is 0 Å². The largest absolute Gasteiger partial charge is 0.406 e. The second-order valence-corrected chi connectivity index (χ2v) is 5.41. The SMILES string of the molecule is CCCN(CC(F)(F)F)c1ncc(CNCCOC)s1. The van der Waals surface area contributed by atoms with Crippen LogP contribution in [-0.4, -0.2) is 44.5 Å². The summed E-state index contributed by atoms with van der Waals surface area (Å²) in [5, 5.41) is 3.56. The van der Waals surface area contributed by atoms with Gasteiger partial charge in [-0.05, 0) is 6.42 Å². The van der Waals surface area contributed by atoms with E-state index in [1.807, 2.05) is 6.92 Å². The highest BCUT2D eigenvalue weighted by atomic mass is 32.1. The second-order valence-electron chi connectivity index (χ2n) is 4.32. The Kier molecular flexibility index (Phi) is 7.25. The number of nitrogens with one attached hydrogen (secondary N) is 1. The molecule has 0 bridgehead atoms. The summed E-state index contributed by atoms with van der Waals surface area (Å²) in [7, 11) is 1.62. The number of nitrogens with zero attached hydrogens (tertiary/aromatic N) is 2. The fraction of sp³-hybridized carbons (Fsp3) is 0.750. The van der Waals surface area contributed by atoms with Crippen molar-refractivity contribution in [2.75, 3.05) is 38.3 Å². The molecule has 0 atom stereocenters. The predicted octanol–water partition coefficient (Wildman–Crippen LogP) is 2.66. The smallest absolute Gasteiger partial charge is 0.383 e. The minimum Gasteiger partial charge on any atom is -0.383 e. The molecular formula is C12H20F3N3OS. The van der Waals surface area contributed by atoms with E-state index in [9.17, 15) is 13.2 Å². The first-order valence-corrected chi connectivity index (χ1v) is 7.24. The Bertz CT molecular complexity index is 384. The Morgan fingerprint density at radius 3 is 2.80 bits per heavy atom. The van der Waals surface area contributed by atoms with Crippen LogP contribution in [0.25, 0.3) is 0 Å². The quantitative estimate of drug-likeness (QED) is 0.712. The lowest BCUT2D eigenvalue weighted by Crippen LogP contribution is -2.34. The van der Waals surface area contributed by atoms with Crippen LogP contribution in [0.2, 0.25) is 0 Å². The van der Waals surface area contributed by atoms with Crippen LogP contribution in [0.15, 0.2) is 6.20 Å². The average Bonchev–Trinajstić information content (AvgIpc) is 2.81. The van der Waals surface area contributed by atoms with Gasteiger partial charge in [0.15, 0.2) is 5.13 Å². The van der Waals surface area contributed by atoms with Gasteiger partial charge in [0, 0.05) is 37.8 Å². The van der Waals surface area contributed by atoms with Gasteiger partial charge in [-0.3, -0.25) is 0 Å². The highest BCUT2D eigenvalue weighted by Crippen LogP contribution is 2.26. The normalized spacial score (nSPS) is 11.8. The molecule has 116 valence electrons. The third-order valence-electron chi connectivity index (χ3n) is 2.46. The molecule has 1 aromatic rings. The first kappa shape index (κ1) is 17.2. The summed E-state index contributed by atoms with van der Waals surface area (Å²) in [5.41, 5.74) is 0. The van der Waals surface area contributed by atoms with Crippen LogP contribution in [0.1, 0.15) is 18.2 Å². The fourth-order valence-corrected chi connectivity index (χ4v) is 2.54. The number of ether oxygens (including phenoxy) is 1. The van der Waals surface area contributed by atoms with Crippen molar-refractivity contribution in [3.05, 3.63) is 11.1 Å². The van der Waals surface area contributed by atoms with E-state index in [0.717, 1.165) is 4.88 Å². The van der Waals surface area contributed by atoms with Crippen molar-refractivity contribution in [1.82, 2.24) is 10.3 Å². The molecule has 0 spiro atoms. The summed E-state index contributed by atoms with van der Waals surface area (Å²) >= 11 is 1.29. The molecule has 0 saturated heterocycles. The highest BCUT2D eigenvalue weighted by molar-refractivity contribution is 7.15. The summed E-state index contributed by atoms with van der Waals surface area (Å²) in [4.78, 5) is 6.29. The van der Waals surface area contributed by atoms with E-state index in [0.29, 0.717) is 37.8 Å². The predicted molar refractivity (Wildman–Crippen MR) is 74.3 cm³/mol. The monoisotopic (exact) mass is 311 g/mol. The van der Waals surface area contributed by atoms with Crippen molar-refractivity contribution < 1.29 is 17.9 Å². The van der Waals surface area contributed by atoms with Crippen molar-refractivity contribution in [2.24, 2.45) is 0 Å². The molecule has 0 aromatic carbocycles. The zero-order chi connectivity index (χ0) is 15.0. The van der Waals surface area contributed by atoms with Crippen LogP contribution in [-0.2, 0) is 11.3 Å². The van der Waals surface area contributed by atoms with Crippen LogP contribution in [0, 0.1) is 0 Å². The van der Waals surface area contributed by atoms with Gasteiger partial charge in [0.25, 0.3) is 0 Å². The summed E-state index contributed by atoms with van der Waals surface area (Å²) in [6, 6.07) is 0. The number of alkyl halides is 3. The van der Waals surface area contributed by atoms with E-state index in [2.05, 4.69) is 10.3 Å². The van der Waals surface area contributed by atoms with Gasteiger partial charge in [-0.2, -0.15) is 13.2 Å². The Labute approximate surface area is 120 Å². The van der Waals surface area contributed by atoms with E-state index in [1.54, 1.807) is 13.3 Å². The molecule has 0 fully saturated rings. The lowest BCUT2D eigenvalue weighted by Gasteiger charge is -2.22. The van der Waals surface area contributed by atoms with Crippen LogP contribution in [0.4, 0.5) is 18.3 Å². The third kappa shape index (κ3) is 6.53. The maximum absolute atomic E-state index is 12.5. The zero-order valence-corrected chi connectivity index (χ0v) is 12.5. The van der Waals surface area contributed by atoms with Gasteiger partial charge in [0.1, 0.15) is 6.54 Å². The van der Waals surface area contributed by atoms with Gasteiger partial charge >= 0.3 is 6.18 Å². The highest BCUT2D eigenvalue weighted by Gasteiger charge is 2.31. The van der Waals surface area contributed by atoms with Crippen LogP contribution in [0.3, 0.4) is 0 Å². The molecule has 0 radical (unpaired) electrons. The maximum Gasteiger partial charge on any atom is 0.406 e. The van der Waals surface area contributed by atoms with Gasteiger partial charge in [-0.1, -0.05) is 6.92 Å². The Morgan fingerprint density at radius 2 is 2.20 bits per heavy atom. The number of aromatic nitrogens is 1. The third-order valence-corrected chi connectivity index (χ3v) is 3.52. The Hall–Kier alpha value is -0.860. The van der Waals surface area contributed by atoms with Gasteiger partial charge in [-0.15, -0.1) is 11.3 Å². The molecule has 1 rings (SSSR count). The lowest BCUT2D eigenvalue weighted by molar-refractivity contribution is -0.119. The zero-order valence-electron chi connectivity index (χ0n) is 11.7. The fourth-order valence-electron chi connectivity index (χ4n) is 1.64. The second kappa shape index (κ2) is 8.43. The van der Waals surface area contributed by atoms with Crippen molar-refractivity contribution >= 4 is 16.5 Å². The molecule has 1 heterocycles. The van der Waals surface area contributed by atoms with Gasteiger partial charge in [-0.25, -0.2) is 4.98 Å². The van der Waals surface area contributed by atoms with Crippen LogP contribution >= 0.6 is 11.3 Å². The molecule has 4 nitrogen and oxygen atoms in total. The molecule has 0 aliphatic rings. The van der Waals surface area contributed by atoms with Gasteiger partial charge < -0.3 is 15.0 Å². The van der Waals surface area contributed by atoms with Crippen molar-refractivity contribution in [3.8, 4) is 0 Å². The Morgan fingerprint density at radius 1 is 1.45 bits per heavy atom. The number of hydrogen-bond donors (Lipinski definition) is 1. The average molecular weight is 311 g/mol. The molecule has 0 aliphatic carbocycles. The number of hydrogen-bond acceptors (Lipinski definition) is 5. The summed E-state index contributed by atoms with van der Waals surface area (Å²) in [6.45, 7) is 3.14. The maximum atomic E-state index is 12.5. The number of rotatable bonds is 9. The molecular weight excluding hydrogens is 291 g/mol. The molecule has 0 aliphatic heterocycles. The molecule has 8 heteroatoms. The summed E-state index contributed by atoms with van der Waals surface area (Å²) in [5.74, 6) is 0. The van der Waals surface area contributed by atoms with E-state index in [1.165, 1.54) is 16.2 Å². The standard InChI is InChI=1S/C12H20F3N3OS/c1-3-5-18(9-12(13,14)15)11-17-8-10(20-11)7-16-4-6-19-2/h8,16H,3-7,9H2,1-2H3. The topological polar surface area (TPSA) is 37.4 Å². The van der Waals surface area contributed by atoms with E-state index < -0.39 is 12.7 Å². The lowest BCUT2D eigenvalue weighted by atomic mass is 10.4. The molecule has 0 saturated carbocycles. The number of methoxy groups -OCH3 is 1. The molecule has 20 heavy (non-hydrogen) atoms. The van der Waals surface area contributed by atoms with Crippen LogP contribution < -0.4 is 10.2 Å². The number of anilines is 1. The minimum atomic E-state index is -4.21. The molecule has 0 amide bonds. The van der Waals surface area contributed by atoms with Gasteiger partial charge in [0.05, 0.1) is 6.61 Å². The molecule has 1 aromatic heterocycles. The minimum absolute atomic E-state index is 0.351. The number of thiazole rings is 1. The molecule has 0 unspecified atom stereocenters. The van der Waals surface area contributed by atoms with Crippen LogP contribution in [0.5, 0.6) is 0 Å². The summed E-state index contributed by atoms with van der Waals surface area (Å²) < 4.78 is 42.5. The van der Waals surface area contributed by atoms with E-state index >= 15 is 0 Å². The Balaban J connectivity index is 2.57. The first-order chi connectivity index (χ1) is 9.46. The van der Waals surface area contributed by atoms with Crippen molar-refractivity contribution in [3.63, 3.8) is 0 Å². The summed E-state index contributed by atoms with van der Waals surface area (Å²) in [6.07, 6.45) is -1.94. The van der Waals surface area contributed by atoms with E-state index in [-0.39, 0.29) is 0 Å². The van der Waals surface area contributed by atoms with Crippen molar-refractivity contribution in [1.29, 1.82) is 0 Å². The van der Waals surface area contributed by atoms with Crippen molar-refractivity contribution in [2.45, 2.75) is 26.1 Å². The first-order valence-electron chi connectivity index (χ1n) is 6.42.